The lowest BCUT2D eigenvalue weighted by Gasteiger charge is -2.18. The van der Waals surface area contributed by atoms with E-state index in [1.54, 1.807) is 0 Å². The van der Waals surface area contributed by atoms with Crippen molar-refractivity contribution in [2.24, 2.45) is 0 Å². The third kappa shape index (κ3) is 47.4. The molecule has 1 unspecified atom stereocenters. The largest absolute Gasteiger partial charge is 0.462 e. The second-order valence-electron chi connectivity index (χ2n) is 14.5. The van der Waals surface area contributed by atoms with Crippen LogP contribution in [0.5, 0.6) is 0 Å². The van der Waals surface area contributed by atoms with Gasteiger partial charge in [-0.25, -0.2) is 0 Å². The standard InChI is InChI=1S/C57H80O6/c1-4-7-10-13-16-19-22-25-26-27-28-29-30-33-35-38-41-44-47-50-56(59)62-53-54(63-57(60)51-48-45-42-39-36-32-24-21-18-15-12-9-6-3)52-61-55(58)49-46-43-40-37-34-31-23-20-17-14-11-8-5-2/h7-30,32-33,35-36,39,42,54H,4-6,31,34,37-38,40-41,43-53H2,1-3H3/b10-7-,11-8-,12-9-,16-13-,17-14-,18-15-,22-19-,23-20-,24-21-,26-25-,28-27+,30-29-,35-33-,36-32-,42-39-. The lowest BCUT2D eigenvalue weighted by Crippen LogP contribution is -2.30. The average molecular weight is 861 g/mol. The Hall–Kier alpha value is -5.49. The van der Waals surface area contributed by atoms with Crippen LogP contribution in [-0.4, -0.2) is 37.2 Å². The van der Waals surface area contributed by atoms with Crippen molar-refractivity contribution in [2.75, 3.05) is 13.2 Å². The highest BCUT2D eigenvalue weighted by Gasteiger charge is 2.19. The summed E-state index contributed by atoms with van der Waals surface area (Å²) in [6, 6.07) is 0. The number of hydrogen-bond acceptors (Lipinski definition) is 6. The van der Waals surface area contributed by atoms with Crippen molar-refractivity contribution in [1.29, 1.82) is 0 Å². The van der Waals surface area contributed by atoms with Crippen molar-refractivity contribution in [3.63, 3.8) is 0 Å². The number of unbranched alkanes of at least 4 members (excludes halogenated alkanes) is 9. The van der Waals surface area contributed by atoms with Gasteiger partial charge in [-0.3, -0.25) is 14.4 Å². The molecule has 0 amide bonds. The van der Waals surface area contributed by atoms with Crippen LogP contribution in [0.1, 0.15) is 136 Å². The van der Waals surface area contributed by atoms with Crippen molar-refractivity contribution in [1.82, 2.24) is 0 Å². The molecule has 0 aromatic rings. The smallest absolute Gasteiger partial charge is 0.306 e. The van der Waals surface area contributed by atoms with E-state index in [0.717, 1.165) is 77.0 Å². The number of hydrogen-bond donors (Lipinski definition) is 0. The highest BCUT2D eigenvalue weighted by atomic mass is 16.6. The molecule has 0 aliphatic rings. The van der Waals surface area contributed by atoms with Crippen LogP contribution in [0.4, 0.5) is 0 Å². The third-order valence-electron chi connectivity index (χ3n) is 8.77. The summed E-state index contributed by atoms with van der Waals surface area (Å²) >= 11 is 0. The Labute approximate surface area is 383 Å². The Morgan fingerprint density at radius 1 is 0.317 bits per heavy atom. The van der Waals surface area contributed by atoms with Crippen LogP contribution < -0.4 is 0 Å². The lowest BCUT2D eigenvalue weighted by molar-refractivity contribution is -0.167. The van der Waals surface area contributed by atoms with Crippen molar-refractivity contribution < 1.29 is 28.6 Å². The van der Waals surface area contributed by atoms with Gasteiger partial charge >= 0.3 is 17.9 Å². The summed E-state index contributed by atoms with van der Waals surface area (Å²) in [5.41, 5.74) is 0. The molecule has 0 saturated heterocycles. The van der Waals surface area contributed by atoms with Gasteiger partial charge in [0.2, 0.25) is 0 Å². The minimum Gasteiger partial charge on any atom is -0.462 e. The molecule has 0 heterocycles. The second-order valence-corrected chi connectivity index (χ2v) is 14.5. The van der Waals surface area contributed by atoms with E-state index in [4.69, 9.17) is 14.2 Å². The first kappa shape index (κ1) is 57.5. The van der Waals surface area contributed by atoms with Gasteiger partial charge < -0.3 is 14.2 Å². The van der Waals surface area contributed by atoms with Crippen molar-refractivity contribution in [2.45, 2.75) is 142 Å². The van der Waals surface area contributed by atoms with E-state index in [0.29, 0.717) is 25.7 Å². The number of rotatable bonds is 38. The first-order valence-electron chi connectivity index (χ1n) is 23.5. The fourth-order valence-corrected chi connectivity index (χ4v) is 5.33. The van der Waals surface area contributed by atoms with Gasteiger partial charge in [0.25, 0.3) is 0 Å². The zero-order valence-corrected chi connectivity index (χ0v) is 39.0. The number of carbonyl (C=O) groups is 3. The van der Waals surface area contributed by atoms with Gasteiger partial charge in [-0.05, 0) is 70.6 Å². The first-order valence-corrected chi connectivity index (χ1v) is 23.5. The summed E-state index contributed by atoms with van der Waals surface area (Å²) in [6.07, 6.45) is 74.5. The van der Waals surface area contributed by atoms with Gasteiger partial charge in [-0.2, -0.15) is 0 Å². The second kappa shape index (κ2) is 49.2. The molecule has 0 aromatic carbocycles. The topological polar surface area (TPSA) is 78.9 Å². The predicted molar refractivity (Wildman–Crippen MR) is 269 cm³/mol. The zero-order valence-electron chi connectivity index (χ0n) is 39.0. The molecule has 0 N–H and O–H groups in total. The molecule has 6 nitrogen and oxygen atoms in total. The van der Waals surface area contributed by atoms with E-state index >= 15 is 0 Å². The fraction of sp³-hybridized carbons (Fsp3) is 0.421. The normalized spacial score (nSPS) is 13.8. The van der Waals surface area contributed by atoms with E-state index in [-0.39, 0.29) is 38.0 Å². The molecule has 0 bridgehead atoms. The summed E-state index contributed by atoms with van der Waals surface area (Å²) in [5, 5.41) is 0. The Bertz CT molecular complexity index is 1600. The highest BCUT2D eigenvalue weighted by molar-refractivity contribution is 5.71. The molecule has 0 radical (unpaired) electrons. The fourth-order valence-electron chi connectivity index (χ4n) is 5.33. The molecule has 1 atom stereocenters. The summed E-state index contributed by atoms with van der Waals surface area (Å²) < 4.78 is 16.6. The SMILES string of the molecule is CC\C=C/C=C\C=C/C=C\C=C/CCCC(=O)OC(COC(=O)CCCCC\C=C/C=C\C=C\C=C/C=C\C=C/C=C\CC)COC(=O)CCCCCCC\C=C/C=C\C=C/CC. The van der Waals surface area contributed by atoms with Crippen LogP contribution in [-0.2, 0) is 28.6 Å². The highest BCUT2D eigenvalue weighted by Crippen LogP contribution is 2.11. The number of carbonyl (C=O) groups excluding carboxylic acids is 3. The van der Waals surface area contributed by atoms with Crippen LogP contribution in [0, 0.1) is 0 Å². The molecule has 0 spiro atoms. The molecule has 0 aliphatic carbocycles. The number of allylic oxidation sites excluding steroid dienone is 30. The molecule has 0 rings (SSSR count). The van der Waals surface area contributed by atoms with Gasteiger partial charge in [0.05, 0.1) is 0 Å². The molecule has 0 saturated carbocycles. The minimum atomic E-state index is -0.853. The minimum absolute atomic E-state index is 0.144. The quantitative estimate of drug-likeness (QED) is 0.0266. The van der Waals surface area contributed by atoms with Crippen LogP contribution in [0.2, 0.25) is 0 Å². The van der Waals surface area contributed by atoms with Crippen molar-refractivity contribution in [3.05, 3.63) is 182 Å². The van der Waals surface area contributed by atoms with E-state index in [1.165, 1.54) is 0 Å². The molecule has 0 fully saturated rings. The predicted octanol–water partition coefficient (Wildman–Crippen LogP) is 15.4. The van der Waals surface area contributed by atoms with E-state index < -0.39 is 12.1 Å². The Balaban J connectivity index is 4.67. The number of ether oxygens (including phenoxy) is 3. The number of esters is 3. The summed E-state index contributed by atoms with van der Waals surface area (Å²) in [4.78, 5) is 37.8. The average Bonchev–Trinajstić information content (AvgIpc) is 3.28. The Kier molecular flexibility index (Phi) is 44.9. The molecular weight excluding hydrogens is 781 g/mol. The Morgan fingerprint density at radius 2 is 0.587 bits per heavy atom. The van der Waals surface area contributed by atoms with Crippen LogP contribution in [0.15, 0.2) is 182 Å². The maximum atomic E-state index is 12.7. The van der Waals surface area contributed by atoms with Gasteiger partial charge in [-0.1, -0.05) is 229 Å². The van der Waals surface area contributed by atoms with Crippen molar-refractivity contribution in [3.8, 4) is 0 Å². The summed E-state index contributed by atoms with van der Waals surface area (Å²) in [5.74, 6) is -1.11. The Morgan fingerprint density at radius 3 is 0.952 bits per heavy atom. The van der Waals surface area contributed by atoms with Crippen LogP contribution >= 0.6 is 0 Å². The van der Waals surface area contributed by atoms with Gasteiger partial charge in [0.1, 0.15) is 13.2 Å². The third-order valence-corrected chi connectivity index (χ3v) is 8.77. The van der Waals surface area contributed by atoms with Gasteiger partial charge in [0.15, 0.2) is 6.10 Å². The summed E-state index contributed by atoms with van der Waals surface area (Å²) in [7, 11) is 0. The maximum Gasteiger partial charge on any atom is 0.306 e. The molecule has 344 valence electrons. The molecule has 0 aliphatic heterocycles. The van der Waals surface area contributed by atoms with Gasteiger partial charge in [0, 0.05) is 19.3 Å². The monoisotopic (exact) mass is 861 g/mol. The first-order chi connectivity index (χ1) is 31.0. The van der Waals surface area contributed by atoms with Gasteiger partial charge in [-0.15, -0.1) is 0 Å². The molecule has 63 heavy (non-hydrogen) atoms. The van der Waals surface area contributed by atoms with Crippen molar-refractivity contribution >= 4 is 17.9 Å². The van der Waals surface area contributed by atoms with E-state index in [9.17, 15) is 14.4 Å². The summed E-state index contributed by atoms with van der Waals surface area (Å²) in [6.45, 7) is 6.04. The zero-order chi connectivity index (χ0) is 45.8. The molecule has 6 heteroatoms. The molecular formula is C57H80O6. The van der Waals surface area contributed by atoms with E-state index in [2.05, 4.69) is 63.3 Å². The van der Waals surface area contributed by atoms with Crippen LogP contribution in [0.25, 0.3) is 0 Å². The lowest BCUT2D eigenvalue weighted by atomic mass is 10.1. The van der Waals surface area contributed by atoms with Crippen LogP contribution in [0.3, 0.4) is 0 Å². The molecule has 0 aromatic heterocycles. The van der Waals surface area contributed by atoms with E-state index in [1.807, 2.05) is 140 Å². The maximum absolute atomic E-state index is 12.7.